The molecule has 2 heteroatoms. The van der Waals surface area contributed by atoms with Crippen molar-refractivity contribution in [3.05, 3.63) is 35.9 Å². The van der Waals surface area contributed by atoms with Crippen LogP contribution in [0.15, 0.2) is 30.3 Å². The van der Waals surface area contributed by atoms with Crippen molar-refractivity contribution >= 4 is 5.57 Å². The standard InChI is InChI=1S/C16H24O2/c1-4-16(18,5-2)11-7-8-13(3)14-9-6-10-15(17)12-14/h6,8-10,12,17-18H,4-5,7,11H2,1-3H3/b13-8+. The molecule has 0 aromatic heterocycles. The lowest BCUT2D eigenvalue weighted by molar-refractivity contribution is 0.0246. The Bertz CT molecular complexity index is 403. The number of benzene rings is 1. The highest BCUT2D eigenvalue weighted by atomic mass is 16.3. The van der Waals surface area contributed by atoms with E-state index in [9.17, 15) is 10.2 Å². The first-order valence-electron chi connectivity index (χ1n) is 6.69. The Kier molecular flexibility index (Phi) is 5.42. The van der Waals surface area contributed by atoms with E-state index in [2.05, 4.69) is 6.08 Å². The number of rotatable bonds is 6. The minimum absolute atomic E-state index is 0.291. The van der Waals surface area contributed by atoms with Crippen LogP contribution in [0.2, 0.25) is 0 Å². The Hall–Kier alpha value is -1.28. The predicted molar refractivity (Wildman–Crippen MR) is 76.5 cm³/mol. The Morgan fingerprint density at radius 2 is 1.94 bits per heavy atom. The summed E-state index contributed by atoms with van der Waals surface area (Å²) in [6.45, 7) is 6.08. The average molecular weight is 248 g/mol. The Labute approximate surface area is 110 Å². The molecule has 1 aromatic carbocycles. The van der Waals surface area contributed by atoms with E-state index >= 15 is 0 Å². The van der Waals surface area contributed by atoms with Gasteiger partial charge in [-0.3, -0.25) is 0 Å². The van der Waals surface area contributed by atoms with Crippen molar-refractivity contribution in [3.63, 3.8) is 0 Å². The van der Waals surface area contributed by atoms with E-state index in [0.717, 1.165) is 36.8 Å². The second-order valence-electron chi connectivity index (χ2n) is 4.91. The number of phenols is 1. The topological polar surface area (TPSA) is 40.5 Å². The molecule has 1 rings (SSSR count). The first-order chi connectivity index (χ1) is 8.50. The molecule has 0 saturated carbocycles. The van der Waals surface area contributed by atoms with E-state index < -0.39 is 5.60 Å². The summed E-state index contributed by atoms with van der Waals surface area (Å²) in [6.07, 6.45) is 5.37. The van der Waals surface area contributed by atoms with Gasteiger partial charge in [-0.05, 0) is 55.9 Å². The lowest BCUT2D eigenvalue weighted by Gasteiger charge is -2.24. The predicted octanol–water partition coefficient (Wildman–Crippen LogP) is 4.13. The lowest BCUT2D eigenvalue weighted by atomic mass is 9.91. The van der Waals surface area contributed by atoms with Crippen molar-refractivity contribution < 1.29 is 10.2 Å². The van der Waals surface area contributed by atoms with Gasteiger partial charge in [0.15, 0.2) is 0 Å². The zero-order chi connectivity index (χ0) is 13.6. The van der Waals surface area contributed by atoms with Gasteiger partial charge in [0.1, 0.15) is 5.75 Å². The minimum Gasteiger partial charge on any atom is -0.508 e. The summed E-state index contributed by atoms with van der Waals surface area (Å²) in [4.78, 5) is 0. The normalized spacial score (nSPS) is 12.8. The zero-order valence-corrected chi connectivity index (χ0v) is 11.6. The summed E-state index contributed by atoms with van der Waals surface area (Å²) in [5, 5.41) is 19.6. The van der Waals surface area contributed by atoms with Gasteiger partial charge in [0.05, 0.1) is 5.60 Å². The van der Waals surface area contributed by atoms with Gasteiger partial charge in [0, 0.05) is 0 Å². The number of phenolic OH excluding ortho intramolecular Hbond substituents is 1. The summed E-state index contributed by atoms with van der Waals surface area (Å²) in [5.74, 6) is 0.291. The van der Waals surface area contributed by atoms with Crippen LogP contribution < -0.4 is 0 Å². The third-order valence-corrected chi connectivity index (χ3v) is 3.68. The van der Waals surface area contributed by atoms with Crippen LogP contribution in [0.3, 0.4) is 0 Å². The molecule has 1 aromatic rings. The Morgan fingerprint density at radius 1 is 1.28 bits per heavy atom. The number of allylic oxidation sites excluding steroid dienone is 2. The van der Waals surface area contributed by atoms with Crippen LogP contribution >= 0.6 is 0 Å². The second-order valence-corrected chi connectivity index (χ2v) is 4.91. The molecule has 2 N–H and O–H groups in total. The fourth-order valence-corrected chi connectivity index (χ4v) is 2.03. The average Bonchev–Trinajstić information content (AvgIpc) is 2.38. The Morgan fingerprint density at radius 3 is 2.50 bits per heavy atom. The van der Waals surface area contributed by atoms with Gasteiger partial charge in [-0.15, -0.1) is 0 Å². The molecule has 0 heterocycles. The molecular weight excluding hydrogens is 224 g/mol. The van der Waals surface area contributed by atoms with Gasteiger partial charge < -0.3 is 10.2 Å². The van der Waals surface area contributed by atoms with E-state index in [1.165, 1.54) is 0 Å². The van der Waals surface area contributed by atoms with Gasteiger partial charge in [0.2, 0.25) is 0 Å². The van der Waals surface area contributed by atoms with Gasteiger partial charge >= 0.3 is 0 Å². The SMILES string of the molecule is CCC(O)(CC)CC/C=C(\C)c1cccc(O)c1. The van der Waals surface area contributed by atoms with Crippen molar-refractivity contribution in [2.24, 2.45) is 0 Å². The first-order valence-corrected chi connectivity index (χ1v) is 6.69. The quantitative estimate of drug-likeness (QED) is 0.794. The molecule has 0 radical (unpaired) electrons. The van der Waals surface area contributed by atoms with Crippen molar-refractivity contribution in [1.29, 1.82) is 0 Å². The number of hydrogen-bond acceptors (Lipinski definition) is 2. The molecule has 0 unspecified atom stereocenters. The van der Waals surface area contributed by atoms with Crippen LogP contribution in [0.1, 0.15) is 52.0 Å². The van der Waals surface area contributed by atoms with Crippen LogP contribution in [0.25, 0.3) is 5.57 Å². The molecule has 18 heavy (non-hydrogen) atoms. The van der Waals surface area contributed by atoms with Gasteiger partial charge in [-0.1, -0.05) is 32.1 Å². The molecule has 0 fully saturated rings. The largest absolute Gasteiger partial charge is 0.508 e. The molecule has 0 aliphatic carbocycles. The zero-order valence-electron chi connectivity index (χ0n) is 11.6. The minimum atomic E-state index is -0.532. The highest BCUT2D eigenvalue weighted by Gasteiger charge is 2.20. The summed E-state index contributed by atoms with van der Waals surface area (Å²) >= 11 is 0. The molecule has 2 nitrogen and oxygen atoms in total. The molecule has 0 saturated heterocycles. The molecule has 0 aliphatic rings. The highest BCUT2D eigenvalue weighted by Crippen LogP contribution is 2.24. The summed E-state index contributed by atoms with van der Waals surface area (Å²) in [7, 11) is 0. The molecule has 0 aliphatic heterocycles. The third-order valence-electron chi connectivity index (χ3n) is 3.68. The number of aliphatic hydroxyl groups is 1. The van der Waals surface area contributed by atoms with E-state index in [0.29, 0.717) is 5.75 Å². The van der Waals surface area contributed by atoms with Crippen molar-refractivity contribution in [2.45, 2.75) is 52.1 Å². The van der Waals surface area contributed by atoms with Gasteiger partial charge in [-0.2, -0.15) is 0 Å². The maximum Gasteiger partial charge on any atom is 0.116 e. The molecule has 100 valence electrons. The molecule has 0 atom stereocenters. The van der Waals surface area contributed by atoms with Crippen LogP contribution in [-0.2, 0) is 0 Å². The third kappa shape index (κ3) is 4.19. The fourth-order valence-electron chi connectivity index (χ4n) is 2.03. The van der Waals surface area contributed by atoms with Crippen molar-refractivity contribution in [2.75, 3.05) is 0 Å². The lowest BCUT2D eigenvalue weighted by Crippen LogP contribution is -2.25. The Balaban J connectivity index is 2.63. The van der Waals surface area contributed by atoms with Crippen LogP contribution in [0, 0.1) is 0 Å². The first kappa shape index (κ1) is 14.8. The summed E-state index contributed by atoms with van der Waals surface area (Å²) in [6, 6.07) is 7.26. The van der Waals surface area contributed by atoms with Crippen molar-refractivity contribution in [1.82, 2.24) is 0 Å². The summed E-state index contributed by atoms with van der Waals surface area (Å²) < 4.78 is 0. The van der Waals surface area contributed by atoms with E-state index in [4.69, 9.17) is 0 Å². The monoisotopic (exact) mass is 248 g/mol. The highest BCUT2D eigenvalue weighted by molar-refractivity contribution is 5.64. The van der Waals surface area contributed by atoms with Gasteiger partial charge in [0.25, 0.3) is 0 Å². The van der Waals surface area contributed by atoms with E-state index in [1.807, 2.05) is 32.9 Å². The summed E-state index contributed by atoms with van der Waals surface area (Å²) in [5.41, 5.74) is 1.64. The molecule has 0 spiro atoms. The van der Waals surface area contributed by atoms with Crippen LogP contribution in [-0.4, -0.2) is 15.8 Å². The second kappa shape index (κ2) is 6.60. The van der Waals surface area contributed by atoms with Gasteiger partial charge in [-0.25, -0.2) is 0 Å². The van der Waals surface area contributed by atoms with E-state index in [-0.39, 0.29) is 0 Å². The van der Waals surface area contributed by atoms with Crippen LogP contribution in [0.5, 0.6) is 5.75 Å². The molecule has 0 bridgehead atoms. The maximum atomic E-state index is 10.2. The van der Waals surface area contributed by atoms with Crippen LogP contribution in [0.4, 0.5) is 0 Å². The van der Waals surface area contributed by atoms with Crippen molar-refractivity contribution in [3.8, 4) is 5.75 Å². The fraction of sp³-hybridized carbons (Fsp3) is 0.500. The molecular formula is C16H24O2. The number of aromatic hydroxyl groups is 1. The smallest absolute Gasteiger partial charge is 0.116 e. The maximum absolute atomic E-state index is 10.2. The molecule has 0 amide bonds. The number of hydrogen-bond donors (Lipinski definition) is 2. The van der Waals surface area contributed by atoms with E-state index in [1.54, 1.807) is 12.1 Å².